The summed E-state index contributed by atoms with van der Waals surface area (Å²) in [6.07, 6.45) is 5.91. The van der Waals surface area contributed by atoms with Gasteiger partial charge in [0.05, 0.1) is 6.04 Å². The first-order valence-electron chi connectivity index (χ1n) is 10.7. The van der Waals surface area contributed by atoms with Crippen molar-refractivity contribution in [2.45, 2.75) is 78.4 Å². The number of carbonyl (C=O) groups is 1. The first-order valence-corrected chi connectivity index (χ1v) is 10.7. The summed E-state index contributed by atoms with van der Waals surface area (Å²) in [6.45, 7) is 8.22. The van der Waals surface area contributed by atoms with Crippen molar-refractivity contribution < 1.29 is 9.53 Å². The maximum atomic E-state index is 13.0. The van der Waals surface area contributed by atoms with Gasteiger partial charge in [0, 0.05) is 0 Å². The van der Waals surface area contributed by atoms with Crippen LogP contribution >= 0.6 is 0 Å². The van der Waals surface area contributed by atoms with Gasteiger partial charge in [-0.3, -0.25) is 4.79 Å². The van der Waals surface area contributed by atoms with Crippen molar-refractivity contribution in [3.8, 4) is 5.75 Å². The van der Waals surface area contributed by atoms with Crippen LogP contribution in [0.1, 0.15) is 73.4 Å². The molecule has 3 nitrogen and oxygen atoms in total. The Labute approximate surface area is 169 Å². The highest BCUT2D eigenvalue weighted by molar-refractivity contribution is 5.81. The number of nitrogens with one attached hydrogen (secondary N) is 1. The maximum absolute atomic E-state index is 13.0. The van der Waals surface area contributed by atoms with Crippen LogP contribution in [0.3, 0.4) is 0 Å². The molecule has 1 aliphatic rings. The molecule has 28 heavy (non-hydrogen) atoms. The van der Waals surface area contributed by atoms with Crippen LogP contribution in [0, 0.1) is 13.8 Å². The van der Waals surface area contributed by atoms with Crippen molar-refractivity contribution >= 4 is 5.91 Å². The second-order valence-electron chi connectivity index (χ2n) is 7.92. The molecular weight excluding hydrogens is 346 g/mol. The zero-order valence-corrected chi connectivity index (χ0v) is 17.7. The first kappa shape index (κ1) is 20.4. The van der Waals surface area contributed by atoms with Crippen molar-refractivity contribution in [3.05, 3.63) is 64.2 Å². The molecule has 3 heteroatoms. The summed E-state index contributed by atoms with van der Waals surface area (Å²) in [7, 11) is 0. The van der Waals surface area contributed by atoms with Crippen molar-refractivity contribution in [2.75, 3.05) is 0 Å². The predicted molar refractivity (Wildman–Crippen MR) is 115 cm³/mol. The van der Waals surface area contributed by atoms with Crippen LogP contribution in [-0.2, 0) is 17.6 Å². The van der Waals surface area contributed by atoms with E-state index in [-0.39, 0.29) is 11.9 Å². The normalized spacial score (nSPS) is 15.4. The van der Waals surface area contributed by atoms with E-state index < -0.39 is 6.10 Å². The van der Waals surface area contributed by atoms with Crippen molar-refractivity contribution in [3.63, 3.8) is 0 Å². The topological polar surface area (TPSA) is 38.3 Å². The van der Waals surface area contributed by atoms with Gasteiger partial charge in [0.25, 0.3) is 5.91 Å². The molecule has 1 N–H and O–H groups in total. The average Bonchev–Trinajstić information content (AvgIpc) is 2.72. The summed E-state index contributed by atoms with van der Waals surface area (Å²) in [5, 5.41) is 3.23. The molecule has 0 fully saturated rings. The second-order valence-corrected chi connectivity index (χ2v) is 7.92. The highest BCUT2D eigenvalue weighted by atomic mass is 16.5. The van der Waals surface area contributed by atoms with Crippen molar-refractivity contribution in [1.82, 2.24) is 5.32 Å². The van der Waals surface area contributed by atoms with Gasteiger partial charge < -0.3 is 10.1 Å². The molecule has 0 heterocycles. The molecule has 0 unspecified atom stereocenters. The van der Waals surface area contributed by atoms with Crippen molar-refractivity contribution in [2.24, 2.45) is 0 Å². The third-order valence-corrected chi connectivity index (χ3v) is 5.99. The van der Waals surface area contributed by atoms with E-state index in [1.807, 2.05) is 26.0 Å². The Morgan fingerprint density at radius 1 is 1.04 bits per heavy atom. The van der Waals surface area contributed by atoms with Crippen LogP contribution in [-0.4, -0.2) is 12.0 Å². The van der Waals surface area contributed by atoms with Gasteiger partial charge in [0.2, 0.25) is 0 Å². The van der Waals surface area contributed by atoms with Gasteiger partial charge in [0.15, 0.2) is 6.10 Å². The molecule has 0 saturated carbocycles. The smallest absolute Gasteiger partial charge is 0.261 e. The molecule has 2 aromatic carbocycles. The van der Waals surface area contributed by atoms with Crippen LogP contribution in [0.15, 0.2) is 36.4 Å². The number of rotatable bonds is 7. The van der Waals surface area contributed by atoms with Gasteiger partial charge in [-0.05, 0) is 86.3 Å². The molecule has 3 rings (SSSR count). The lowest BCUT2D eigenvalue weighted by Gasteiger charge is -2.25. The highest BCUT2D eigenvalue weighted by Crippen LogP contribution is 2.27. The quantitative estimate of drug-likeness (QED) is 0.679. The molecule has 2 aromatic rings. The van der Waals surface area contributed by atoms with E-state index in [1.165, 1.54) is 41.5 Å². The molecule has 0 spiro atoms. The van der Waals surface area contributed by atoms with Crippen LogP contribution in [0.5, 0.6) is 5.75 Å². The Morgan fingerprint density at radius 3 is 2.50 bits per heavy atom. The molecule has 0 saturated heterocycles. The minimum atomic E-state index is -0.479. The van der Waals surface area contributed by atoms with Crippen LogP contribution in [0.2, 0.25) is 0 Å². The number of hydrogen-bond acceptors (Lipinski definition) is 2. The highest BCUT2D eigenvalue weighted by Gasteiger charge is 2.23. The molecule has 0 aromatic heterocycles. The van der Waals surface area contributed by atoms with Gasteiger partial charge in [-0.25, -0.2) is 0 Å². The average molecular weight is 380 g/mol. The lowest BCUT2D eigenvalue weighted by atomic mass is 9.88. The van der Waals surface area contributed by atoms with E-state index in [1.54, 1.807) is 0 Å². The number of amides is 1. The number of carbonyl (C=O) groups excluding carboxylic acids is 1. The number of fused-ring (bicyclic) bond motifs is 1. The van der Waals surface area contributed by atoms with E-state index in [9.17, 15) is 4.79 Å². The zero-order chi connectivity index (χ0) is 20.1. The third kappa shape index (κ3) is 4.57. The summed E-state index contributed by atoms with van der Waals surface area (Å²) in [5.41, 5.74) is 6.40. The van der Waals surface area contributed by atoms with Crippen LogP contribution in [0.4, 0.5) is 0 Å². The van der Waals surface area contributed by atoms with E-state index >= 15 is 0 Å². The molecule has 0 radical (unpaired) electrons. The van der Waals surface area contributed by atoms with Gasteiger partial charge in [-0.1, -0.05) is 44.2 Å². The van der Waals surface area contributed by atoms with E-state index in [2.05, 4.69) is 43.4 Å². The molecule has 150 valence electrons. The Bertz CT molecular complexity index is 827. The van der Waals surface area contributed by atoms with Gasteiger partial charge in [-0.2, -0.15) is 0 Å². The van der Waals surface area contributed by atoms with Gasteiger partial charge >= 0.3 is 0 Å². The van der Waals surface area contributed by atoms with Crippen LogP contribution < -0.4 is 10.1 Å². The van der Waals surface area contributed by atoms with Gasteiger partial charge in [0.1, 0.15) is 5.75 Å². The largest absolute Gasteiger partial charge is 0.480 e. The molecule has 1 aliphatic carbocycles. The summed E-state index contributed by atoms with van der Waals surface area (Å²) < 4.78 is 6.10. The molecule has 0 bridgehead atoms. The summed E-state index contributed by atoms with van der Waals surface area (Å²) in [4.78, 5) is 13.0. The minimum absolute atomic E-state index is 0.0241. The lowest BCUT2D eigenvalue weighted by Crippen LogP contribution is -2.40. The fourth-order valence-electron chi connectivity index (χ4n) is 3.98. The SMILES string of the molecule is CC[C@@H](Oc1cccc(C)c1C)C(=O)N[C@H](CC)c1ccc2c(c1)CCCC2. The Balaban J connectivity index is 1.72. The monoisotopic (exact) mass is 379 g/mol. The Morgan fingerprint density at radius 2 is 1.79 bits per heavy atom. The zero-order valence-electron chi connectivity index (χ0n) is 17.7. The number of hydrogen-bond donors (Lipinski definition) is 1. The Kier molecular flexibility index (Phi) is 6.77. The summed E-state index contributed by atoms with van der Waals surface area (Å²) >= 11 is 0. The lowest BCUT2D eigenvalue weighted by molar-refractivity contribution is -0.129. The summed E-state index contributed by atoms with van der Waals surface area (Å²) in [6, 6.07) is 12.7. The molecular formula is C25H33NO2. The standard InChI is InChI=1S/C25H33NO2/c1-5-22(21-15-14-19-11-7-8-12-20(19)16-21)26-25(27)23(6-2)28-24-13-9-10-17(3)18(24)4/h9-10,13-16,22-23H,5-8,11-12H2,1-4H3,(H,26,27)/t22-,23-/m1/s1. The Hall–Kier alpha value is -2.29. The van der Waals surface area contributed by atoms with E-state index in [0.29, 0.717) is 6.42 Å². The predicted octanol–water partition coefficient (Wildman–Crippen LogP) is 5.61. The molecule has 0 aliphatic heterocycles. The molecule has 1 amide bonds. The summed E-state index contributed by atoms with van der Waals surface area (Å²) in [5.74, 6) is 0.761. The first-order chi connectivity index (χ1) is 13.5. The fraction of sp³-hybridized carbons (Fsp3) is 0.480. The van der Waals surface area contributed by atoms with Crippen LogP contribution in [0.25, 0.3) is 0 Å². The molecule has 2 atom stereocenters. The van der Waals surface area contributed by atoms with Gasteiger partial charge in [-0.15, -0.1) is 0 Å². The van der Waals surface area contributed by atoms with E-state index in [4.69, 9.17) is 4.74 Å². The fourth-order valence-corrected chi connectivity index (χ4v) is 3.98. The van der Waals surface area contributed by atoms with E-state index in [0.717, 1.165) is 24.2 Å². The number of ether oxygens (including phenoxy) is 1. The third-order valence-electron chi connectivity index (χ3n) is 5.99. The van der Waals surface area contributed by atoms with Crippen molar-refractivity contribution in [1.29, 1.82) is 0 Å². The minimum Gasteiger partial charge on any atom is -0.480 e. The number of aryl methyl sites for hydroxylation is 3. The second kappa shape index (κ2) is 9.27. The number of benzene rings is 2. The maximum Gasteiger partial charge on any atom is 0.261 e.